The van der Waals surface area contributed by atoms with E-state index in [1.165, 1.54) is 17.7 Å². The lowest BCUT2D eigenvalue weighted by Gasteiger charge is -2.18. The minimum absolute atomic E-state index is 0. The third-order valence-corrected chi connectivity index (χ3v) is 5.70. The van der Waals surface area contributed by atoms with Crippen molar-refractivity contribution in [2.75, 3.05) is 13.6 Å². The summed E-state index contributed by atoms with van der Waals surface area (Å²) in [6, 6.07) is 10.6. The molecule has 27 heavy (non-hydrogen) atoms. The maximum Gasteiger partial charge on any atom is 0.232 e. The predicted octanol–water partition coefficient (Wildman–Crippen LogP) is 3.98. The zero-order valence-corrected chi connectivity index (χ0v) is 19.4. The molecule has 0 atom stereocenters. The summed E-state index contributed by atoms with van der Waals surface area (Å²) in [4.78, 5) is 10.0. The molecule has 0 saturated heterocycles. The van der Waals surface area contributed by atoms with Crippen LogP contribution in [0.5, 0.6) is 0 Å². The molecule has 0 spiro atoms. The fourth-order valence-electron chi connectivity index (χ4n) is 2.45. The van der Waals surface area contributed by atoms with Gasteiger partial charge >= 0.3 is 0 Å². The fraction of sp³-hybridized carbons (Fsp3) is 0.526. The lowest BCUT2D eigenvalue weighted by molar-refractivity contribution is 0.318. The first kappa shape index (κ1) is 22.0. The van der Waals surface area contributed by atoms with Crippen LogP contribution in [0.1, 0.15) is 45.3 Å². The SMILES string of the molecule is CN=C(NCc1noc(C(C)(C)C)n1)NCC1(Sc2ccccc2)CC1.I. The van der Waals surface area contributed by atoms with E-state index in [1.54, 1.807) is 7.05 Å². The molecule has 1 aromatic carbocycles. The van der Waals surface area contributed by atoms with Crippen LogP contribution in [0.25, 0.3) is 0 Å². The summed E-state index contributed by atoms with van der Waals surface area (Å²) in [5.74, 6) is 2.04. The summed E-state index contributed by atoms with van der Waals surface area (Å²) < 4.78 is 5.59. The molecule has 1 fully saturated rings. The average Bonchev–Trinajstić information content (AvgIpc) is 3.18. The number of hydrogen-bond donors (Lipinski definition) is 2. The van der Waals surface area contributed by atoms with Crippen LogP contribution in [0, 0.1) is 0 Å². The van der Waals surface area contributed by atoms with E-state index >= 15 is 0 Å². The molecule has 1 heterocycles. The molecule has 2 N–H and O–H groups in total. The Morgan fingerprint density at radius 2 is 1.93 bits per heavy atom. The first-order chi connectivity index (χ1) is 12.4. The van der Waals surface area contributed by atoms with Gasteiger partial charge in [0.15, 0.2) is 11.8 Å². The number of rotatable bonds is 6. The molecule has 0 aliphatic heterocycles. The zero-order chi connectivity index (χ0) is 18.6. The first-order valence-electron chi connectivity index (χ1n) is 8.92. The lowest BCUT2D eigenvalue weighted by Crippen LogP contribution is -2.41. The second kappa shape index (κ2) is 9.27. The van der Waals surface area contributed by atoms with E-state index in [1.807, 2.05) is 11.8 Å². The molecule has 1 saturated carbocycles. The van der Waals surface area contributed by atoms with Crippen molar-refractivity contribution in [1.82, 2.24) is 20.8 Å². The van der Waals surface area contributed by atoms with Gasteiger partial charge in [-0.25, -0.2) is 0 Å². The topological polar surface area (TPSA) is 75.3 Å². The van der Waals surface area contributed by atoms with Gasteiger partial charge in [0.1, 0.15) is 0 Å². The summed E-state index contributed by atoms with van der Waals surface area (Å²) in [5, 5.41) is 10.7. The highest BCUT2D eigenvalue weighted by Gasteiger charge is 2.43. The predicted molar refractivity (Wildman–Crippen MR) is 121 cm³/mol. The Balaban J connectivity index is 0.00000261. The van der Waals surface area contributed by atoms with Crippen molar-refractivity contribution in [3.05, 3.63) is 42.0 Å². The molecular formula is C19H28IN5OS. The van der Waals surface area contributed by atoms with Crippen LogP contribution in [0.3, 0.4) is 0 Å². The van der Waals surface area contributed by atoms with Crippen LogP contribution in [0.15, 0.2) is 44.7 Å². The Morgan fingerprint density at radius 1 is 1.22 bits per heavy atom. The van der Waals surface area contributed by atoms with Gasteiger partial charge < -0.3 is 15.2 Å². The Bertz CT molecular complexity index is 753. The average molecular weight is 501 g/mol. The minimum Gasteiger partial charge on any atom is -0.355 e. The fourth-order valence-corrected chi connectivity index (χ4v) is 3.70. The molecule has 0 amide bonds. The van der Waals surface area contributed by atoms with Crippen molar-refractivity contribution in [3.63, 3.8) is 0 Å². The van der Waals surface area contributed by atoms with Gasteiger partial charge in [-0.15, -0.1) is 35.7 Å². The summed E-state index contributed by atoms with van der Waals surface area (Å²) in [5.41, 5.74) is -0.141. The van der Waals surface area contributed by atoms with Crippen molar-refractivity contribution in [2.45, 2.75) is 55.2 Å². The van der Waals surface area contributed by atoms with Crippen molar-refractivity contribution >= 4 is 41.7 Å². The number of aromatic nitrogens is 2. The van der Waals surface area contributed by atoms with Gasteiger partial charge in [0.05, 0.1) is 6.54 Å². The Labute approximate surface area is 182 Å². The number of benzene rings is 1. The molecule has 2 aromatic rings. The van der Waals surface area contributed by atoms with Gasteiger partial charge in [-0.2, -0.15) is 4.98 Å². The normalized spacial score (nSPS) is 15.8. The van der Waals surface area contributed by atoms with Crippen LogP contribution in [-0.2, 0) is 12.0 Å². The smallest absolute Gasteiger partial charge is 0.232 e. The van der Waals surface area contributed by atoms with E-state index in [9.17, 15) is 0 Å². The van der Waals surface area contributed by atoms with Gasteiger partial charge in [0.2, 0.25) is 5.89 Å². The van der Waals surface area contributed by atoms with E-state index < -0.39 is 0 Å². The standard InChI is InChI=1S/C19H27N5OS.HI/c1-18(2,3)16-23-15(24-25-16)12-21-17(20-4)22-13-19(10-11-19)26-14-8-6-5-7-9-14;/h5-9H,10-13H2,1-4H3,(H2,20,21,22);1H. The second-order valence-corrected chi connectivity index (χ2v) is 9.18. The molecule has 1 aliphatic rings. The molecule has 8 heteroatoms. The van der Waals surface area contributed by atoms with Crippen LogP contribution in [-0.4, -0.2) is 34.4 Å². The van der Waals surface area contributed by atoms with E-state index in [0.717, 1.165) is 12.5 Å². The molecule has 1 aliphatic carbocycles. The van der Waals surface area contributed by atoms with E-state index in [4.69, 9.17) is 4.52 Å². The largest absolute Gasteiger partial charge is 0.355 e. The van der Waals surface area contributed by atoms with Gasteiger partial charge in [0, 0.05) is 28.6 Å². The van der Waals surface area contributed by atoms with Gasteiger partial charge in [-0.3, -0.25) is 4.99 Å². The third kappa shape index (κ3) is 6.38. The number of thioether (sulfide) groups is 1. The third-order valence-electron chi connectivity index (χ3n) is 4.21. The second-order valence-electron chi connectivity index (χ2n) is 7.64. The van der Waals surface area contributed by atoms with Crippen LogP contribution >= 0.6 is 35.7 Å². The van der Waals surface area contributed by atoms with Gasteiger partial charge in [0.25, 0.3) is 0 Å². The lowest BCUT2D eigenvalue weighted by atomic mass is 9.97. The van der Waals surface area contributed by atoms with Crippen molar-refractivity contribution in [3.8, 4) is 0 Å². The first-order valence-corrected chi connectivity index (χ1v) is 9.74. The number of guanidine groups is 1. The summed E-state index contributed by atoms with van der Waals surface area (Å²) in [6.45, 7) is 7.52. The van der Waals surface area contributed by atoms with Crippen molar-refractivity contribution < 1.29 is 4.52 Å². The van der Waals surface area contributed by atoms with Crippen LogP contribution in [0.4, 0.5) is 0 Å². The quantitative estimate of drug-likeness (QED) is 0.355. The molecular weight excluding hydrogens is 473 g/mol. The molecule has 148 valence electrons. The van der Waals surface area contributed by atoms with Crippen LogP contribution < -0.4 is 10.6 Å². The number of nitrogens with one attached hydrogen (secondary N) is 2. The van der Waals surface area contributed by atoms with Gasteiger partial charge in [-0.1, -0.05) is 44.1 Å². The summed E-state index contributed by atoms with van der Waals surface area (Å²) in [6.07, 6.45) is 2.44. The van der Waals surface area contributed by atoms with E-state index in [0.29, 0.717) is 18.3 Å². The maximum atomic E-state index is 5.32. The minimum atomic E-state index is -0.141. The molecule has 0 unspecified atom stereocenters. The van der Waals surface area contributed by atoms with E-state index in [2.05, 4.69) is 76.9 Å². The molecule has 3 rings (SSSR count). The number of aliphatic imine (C=N–C) groups is 1. The monoisotopic (exact) mass is 501 g/mol. The van der Waals surface area contributed by atoms with Crippen molar-refractivity contribution in [2.24, 2.45) is 4.99 Å². The number of nitrogens with zero attached hydrogens (tertiary/aromatic N) is 3. The Morgan fingerprint density at radius 3 is 2.48 bits per heavy atom. The summed E-state index contributed by atoms with van der Waals surface area (Å²) >= 11 is 1.95. The molecule has 1 aromatic heterocycles. The van der Waals surface area contributed by atoms with Gasteiger partial charge in [-0.05, 0) is 25.0 Å². The number of halogens is 1. The summed E-state index contributed by atoms with van der Waals surface area (Å²) in [7, 11) is 1.77. The highest BCUT2D eigenvalue weighted by molar-refractivity contribution is 14.0. The van der Waals surface area contributed by atoms with Crippen LogP contribution in [0.2, 0.25) is 0 Å². The molecule has 0 radical (unpaired) electrons. The Hall–Kier alpha value is -1.29. The molecule has 6 nitrogen and oxygen atoms in total. The molecule has 0 bridgehead atoms. The van der Waals surface area contributed by atoms with Crippen molar-refractivity contribution in [1.29, 1.82) is 0 Å². The van der Waals surface area contributed by atoms with E-state index in [-0.39, 0.29) is 34.1 Å². The highest BCUT2D eigenvalue weighted by Crippen LogP contribution is 2.51. The highest BCUT2D eigenvalue weighted by atomic mass is 127. The maximum absolute atomic E-state index is 5.32. The zero-order valence-electron chi connectivity index (χ0n) is 16.3. The Kier molecular flexibility index (Phi) is 7.55. The number of hydrogen-bond acceptors (Lipinski definition) is 5.